The molecule has 0 spiro atoms. The first-order valence-corrected chi connectivity index (χ1v) is 10.7. The summed E-state index contributed by atoms with van der Waals surface area (Å²) in [5.74, 6) is -0.659. The van der Waals surface area contributed by atoms with Crippen molar-refractivity contribution in [1.82, 2.24) is 4.90 Å². The number of primary sulfonamides is 1. The molecule has 156 valence electrons. The van der Waals surface area contributed by atoms with Crippen LogP contribution in [0.4, 0.5) is 10.1 Å². The van der Waals surface area contributed by atoms with Gasteiger partial charge in [0.25, 0.3) is 0 Å². The van der Waals surface area contributed by atoms with E-state index in [1.807, 2.05) is 35.2 Å². The van der Waals surface area contributed by atoms with Gasteiger partial charge in [-0.3, -0.25) is 9.69 Å². The van der Waals surface area contributed by atoms with Crippen LogP contribution in [-0.2, 0) is 14.8 Å². The Morgan fingerprint density at radius 3 is 2.27 bits per heavy atom. The van der Waals surface area contributed by atoms with E-state index in [2.05, 4.69) is 5.32 Å². The number of rotatable bonds is 7. The van der Waals surface area contributed by atoms with Gasteiger partial charge < -0.3 is 5.32 Å². The second kappa shape index (κ2) is 9.17. The zero-order valence-electron chi connectivity index (χ0n) is 16.3. The zero-order chi connectivity index (χ0) is 21.7. The second-order valence-corrected chi connectivity index (χ2v) is 8.46. The number of halogens is 1. The molecule has 0 heterocycles. The summed E-state index contributed by atoms with van der Waals surface area (Å²) in [5, 5.41) is 7.83. The van der Waals surface area contributed by atoms with Crippen LogP contribution in [0.15, 0.2) is 83.8 Å². The number of benzene rings is 3. The Bertz CT molecular complexity index is 1120. The third kappa shape index (κ3) is 5.50. The highest BCUT2D eigenvalue weighted by Crippen LogP contribution is 2.27. The van der Waals surface area contributed by atoms with Crippen LogP contribution in [0.25, 0.3) is 0 Å². The number of carbonyl (C=O) groups excluding carboxylic acids is 1. The molecule has 3 aromatic carbocycles. The van der Waals surface area contributed by atoms with Gasteiger partial charge in [-0.25, -0.2) is 17.9 Å². The lowest BCUT2D eigenvalue weighted by molar-refractivity contribution is -0.117. The van der Waals surface area contributed by atoms with Crippen molar-refractivity contribution in [2.45, 2.75) is 10.9 Å². The summed E-state index contributed by atoms with van der Waals surface area (Å²) >= 11 is 0. The van der Waals surface area contributed by atoms with Crippen molar-refractivity contribution in [3.63, 3.8) is 0 Å². The van der Waals surface area contributed by atoms with E-state index < -0.39 is 10.0 Å². The average Bonchev–Trinajstić information content (AvgIpc) is 2.70. The first kappa shape index (κ1) is 21.6. The lowest BCUT2D eigenvalue weighted by atomic mass is 9.97. The van der Waals surface area contributed by atoms with E-state index in [1.165, 1.54) is 30.3 Å². The molecule has 3 aromatic rings. The van der Waals surface area contributed by atoms with E-state index in [4.69, 9.17) is 5.14 Å². The van der Waals surface area contributed by atoms with E-state index in [-0.39, 0.29) is 29.2 Å². The maximum atomic E-state index is 13.4. The number of anilines is 1. The molecule has 0 saturated carbocycles. The van der Waals surface area contributed by atoms with Crippen molar-refractivity contribution in [2.75, 3.05) is 18.9 Å². The Hall–Kier alpha value is -3.07. The molecule has 6 nitrogen and oxygen atoms in total. The van der Waals surface area contributed by atoms with Crippen molar-refractivity contribution >= 4 is 21.6 Å². The molecule has 0 radical (unpaired) electrons. The van der Waals surface area contributed by atoms with Gasteiger partial charge in [0.15, 0.2) is 0 Å². The first-order chi connectivity index (χ1) is 14.2. The summed E-state index contributed by atoms with van der Waals surface area (Å²) in [7, 11) is -2.07. The van der Waals surface area contributed by atoms with Crippen LogP contribution in [0.5, 0.6) is 0 Å². The Balaban J connectivity index is 1.79. The number of sulfonamides is 1. The highest BCUT2D eigenvalue weighted by atomic mass is 32.2. The predicted molar refractivity (Wildman–Crippen MR) is 114 cm³/mol. The molecule has 3 N–H and O–H groups in total. The molecule has 0 saturated heterocycles. The highest BCUT2D eigenvalue weighted by Gasteiger charge is 2.21. The van der Waals surface area contributed by atoms with Gasteiger partial charge in [-0.15, -0.1) is 0 Å². The van der Waals surface area contributed by atoms with Crippen molar-refractivity contribution in [1.29, 1.82) is 0 Å². The molecule has 0 aliphatic rings. The summed E-state index contributed by atoms with van der Waals surface area (Å²) in [5.41, 5.74) is 2.13. The molecule has 1 amide bonds. The van der Waals surface area contributed by atoms with Crippen LogP contribution in [-0.4, -0.2) is 32.8 Å². The number of nitrogens with zero attached hydrogens (tertiary/aromatic N) is 1. The lowest BCUT2D eigenvalue weighted by Crippen LogP contribution is -2.34. The number of likely N-dealkylation sites (N-methyl/N-ethyl adjacent to an activating group) is 1. The largest absolute Gasteiger partial charge is 0.325 e. The number of carbonyl (C=O) groups is 1. The molecule has 1 unspecified atom stereocenters. The Morgan fingerprint density at radius 2 is 1.63 bits per heavy atom. The number of amides is 1. The van der Waals surface area contributed by atoms with Crippen LogP contribution in [0.3, 0.4) is 0 Å². The fourth-order valence-electron chi connectivity index (χ4n) is 3.25. The summed E-state index contributed by atoms with van der Waals surface area (Å²) in [6.07, 6.45) is 0. The van der Waals surface area contributed by atoms with Crippen LogP contribution >= 0.6 is 0 Å². The van der Waals surface area contributed by atoms with Crippen LogP contribution < -0.4 is 10.5 Å². The Kier molecular flexibility index (Phi) is 6.61. The van der Waals surface area contributed by atoms with Gasteiger partial charge in [0.05, 0.1) is 17.5 Å². The number of nitrogens with two attached hydrogens (primary N) is 1. The topological polar surface area (TPSA) is 92.5 Å². The quantitative estimate of drug-likeness (QED) is 0.606. The van der Waals surface area contributed by atoms with Gasteiger partial charge in [-0.2, -0.15) is 0 Å². The summed E-state index contributed by atoms with van der Waals surface area (Å²) in [6, 6.07) is 21.2. The lowest BCUT2D eigenvalue weighted by Gasteiger charge is -2.28. The average molecular weight is 428 g/mol. The molecule has 0 bridgehead atoms. The van der Waals surface area contributed by atoms with Gasteiger partial charge in [0.1, 0.15) is 5.82 Å². The minimum atomic E-state index is -3.87. The van der Waals surface area contributed by atoms with Gasteiger partial charge in [-0.05, 0) is 48.5 Å². The van der Waals surface area contributed by atoms with Crippen molar-refractivity contribution in [2.24, 2.45) is 5.14 Å². The summed E-state index contributed by atoms with van der Waals surface area (Å²) in [4.78, 5) is 14.4. The van der Waals surface area contributed by atoms with E-state index >= 15 is 0 Å². The molecule has 3 rings (SSSR count). The minimum absolute atomic E-state index is 0.0243. The highest BCUT2D eigenvalue weighted by molar-refractivity contribution is 7.89. The van der Waals surface area contributed by atoms with Crippen LogP contribution in [0.1, 0.15) is 17.2 Å². The van der Waals surface area contributed by atoms with E-state index in [0.29, 0.717) is 5.69 Å². The molecule has 8 heteroatoms. The SMILES string of the molecule is CN(CC(=O)Nc1cccc(S(N)(=O)=O)c1)C(c1ccccc1)c1ccc(F)cc1. The van der Waals surface area contributed by atoms with E-state index in [9.17, 15) is 17.6 Å². The van der Waals surface area contributed by atoms with Gasteiger partial charge in [-0.1, -0.05) is 48.5 Å². The van der Waals surface area contributed by atoms with Crippen molar-refractivity contribution in [3.8, 4) is 0 Å². The fourth-order valence-corrected chi connectivity index (χ4v) is 3.81. The van der Waals surface area contributed by atoms with Crippen molar-refractivity contribution in [3.05, 3.63) is 95.8 Å². The molecule has 1 atom stereocenters. The standard InChI is InChI=1S/C22H22FN3O3S/c1-26(15-21(27)25-19-8-5-9-20(14-19)30(24,28)29)22(16-6-3-2-4-7-16)17-10-12-18(23)13-11-17/h2-14,22H,15H2,1H3,(H,25,27)(H2,24,28,29). The van der Waals surface area contributed by atoms with E-state index in [1.54, 1.807) is 25.2 Å². The van der Waals surface area contributed by atoms with Gasteiger partial charge >= 0.3 is 0 Å². The Morgan fingerprint density at radius 1 is 1.00 bits per heavy atom. The van der Waals surface area contributed by atoms with Crippen LogP contribution in [0, 0.1) is 5.82 Å². The fraction of sp³-hybridized carbons (Fsp3) is 0.136. The number of nitrogens with one attached hydrogen (secondary N) is 1. The maximum absolute atomic E-state index is 13.4. The second-order valence-electron chi connectivity index (χ2n) is 6.90. The first-order valence-electron chi connectivity index (χ1n) is 9.17. The van der Waals surface area contributed by atoms with Gasteiger partial charge in [0.2, 0.25) is 15.9 Å². The molecule has 0 fully saturated rings. The molecular formula is C22H22FN3O3S. The van der Waals surface area contributed by atoms with Gasteiger partial charge in [0, 0.05) is 5.69 Å². The molecule has 0 aromatic heterocycles. The molecule has 30 heavy (non-hydrogen) atoms. The summed E-state index contributed by atoms with van der Waals surface area (Å²) in [6.45, 7) is 0.0243. The van der Waals surface area contributed by atoms with E-state index in [0.717, 1.165) is 11.1 Å². The molecular weight excluding hydrogens is 405 g/mol. The minimum Gasteiger partial charge on any atom is -0.325 e. The number of hydrogen-bond acceptors (Lipinski definition) is 4. The maximum Gasteiger partial charge on any atom is 0.238 e. The van der Waals surface area contributed by atoms with Crippen molar-refractivity contribution < 1.29 is 17.6 Å². The third-order valence-electron chi connectivity index (χ3n) is 4.58. The normalized spacial score (nSPS) is 12.5. The predicted octanol–water partition coefficient (Wildman–Crippen LogP) is 3.13. The monoisotopic (exact) mass is 427 g/mol. The number of hydrogen-bond donors (Lipinski definition) is 2. The smallest absolute Gasteiger partial charge is 0.238 e. The Labute approximate surface area is 175 Å². The van der Waals surface area contributed by atoms with Crippen LogP contribution in [0.2, 0.25) is 0 Å². The zero-order valence-corrected chi connectivity index (χ0v) is 17.1. The summed E-state index contributed by atoms with van der Waals surface area (Å²) < 4.78 is 36.4. The molecule has 0 aliphatic carbocycles. The third-order valence-corrected chi connectivity index (χ3v) is 5.49. The molecule has 0 aliphatic heterocycles.